The number of hydrogen-bond donors (Lipinski definition) is 1. The Labute approximate surface area is 185 Å². The Bertz CT molecular complexity index is 932. The van der Waals surface area contributed by atoms with E-state index in [9.17, 15) is 4.79 Å². The third kappa shape index (κ3) is 3.79. The average molecular weight is 420 g/mol. The van der Waals surface area contributed by atoms with Crippen molar-refractivity contribution in [3.05, 3.63) is 70.8 Å². The molecule has 2 aromatic rings. The first-order valence-electron chi connectivity index (χ1n) is 11.7. The summed E-state index contributed by atoms with van der Waals surface area (Å²) in [6.45, 7) is 5.37. The van der Waals surface area contributed by atoms with Crippen LogP contribution in [0.4, 0.5) is 0 Å². The molecule has 5 rings (SSSR count). The minimum Gasteiger partial charge on any atom is -0.314 e. The van der Waals surface area contributed by atoms with Crippen LogP contribution < -0.4 is 5.32 Å². The molecule has 164 valence electrons. The molecule has 2 aromatic carbocycles. The molecule has 0 spiro atoms. The molecular formula is C26H33N3O2. The average Bonchev–Trinajstić information content (AvgIpc) is 2.83. The van der Waals surface area contributed by atoms with Crippen LogP contribution in [0.15, 0.2) is 48.5 Å². The van der Waals surface area contributed by atoms with E-state index >= 15 is 0 Å². The number of amides is 1. The standard InChI is InChI=1S/C26H33N3O2/c1-18(19-8-4-3-5-9-19)29(31-2)26(30)23-12-6-11-22-21(23)13-15-28-17-20-10-7-14-27-24(20)16-25(22)28/h3-6,8-9,11-12,18,20,24-25,27H,7,10,13-17H2,1-2H3/t18-,20-,24+,25-/m1/s1. The maximum atomic E-state index is 13.6. The van der Waals surface area contributed by atoms with E-state index in [0.717, 1.165) is 43.0 Å². The van der Waals surface area contributed by atoms with Crippen molar-refractivity contribution in [2.45, 2.75) is 50.7 Å². The fraction of sp³-hybridized carbons (Fsp3) is 0.500. The molecule has 31 heavy (non-hydrogen) atoms. The van der Waals surface area contributed by atoms with Crippen molar-refractivity contribution in [3.8, 4) is 0 Å². The molecule has 4 atom stereocenters. The molecule has 3 heterocycles. The molecule has 0 radical (unpaired) electrons. The van der Waals surface area contributed by atoms with E-state index in [1.54, 1.807) is 7.11 Å². The Morgan fingerprint density at radius 1 is 1.19 bits per heavy atom. The van der Waals surface area contributed by atoms with Gasteiger partial charge >= 0.3 is 0 Å². The number of hydrogen-bond acceptors (Lipinski definition) is 4. The third-order valence-electron chi connectivity index (χ3n) is 7.60. The quantitative estimate of drug-likeness (QED) is 0.757. The predicted octanol–water partition coefficient (Wildman–Crippen LogP) is 4.12. The van der Waals surface area contributed by atoms with Crippen LogP contribution in [0.25, 0.3) is 0 Å². The Morgan fingerprint density at radius 3 is 2.84 bits per heavy atom. The summed E-state index contributed by atoms with van der Waals surface area (Å²) in [7, 11) is 1.59. The molecule has 0 bridgehead atoms. The molecule has 3 aliphatic heterocycles. The Balaban J connectivity index is 1.43. The SMILES string of the molecule is CON(C(=O)c1cccc2c1CCN1C[C@H]3CCCN[C@H]3C[C@H]21)[C@H](C)c1ccccc1. The van der Waals surface area contributed by atoms with Crippen LogP contribution in [-0.4, -0.2) is 48.7 Å². The first-order chi connectivity index (χ1) is 15.2. The fourth-order valence-electron chi connectivity index (χ4n) is 5.96. The second-order valence-corrected chi connectivity index (χ2v) is 9.23. The molecule has 0 unspecified atom stereocenters. The van der Waals surface area contributed by atoms with Gasteiger partial charge in [-0.3, -0.25) is 14.5 Å². The largest absolute Gasteiger partial charge is 0.314 e. The minimum atomic E-state index is -0.156. The highest BCUT2D eigenvalue weighted by Gasteiger charge is 2.40. The highest BCUT2D eigenvalue weighted by Crippen LogP contribution is 2.41. The molecule has 2 saturated heterocycles. The van der Waals surface area contributed by atoms with Gasteiger partial charge in [0.1, 0.15) is 0 Å². The number of nitrogens with one attached hydrogen (secondary N) is 1. The van der Waals surface area contributed by atoms with Crippen molar-refractivity contribution in [2.24, 2.45) is 5.92 Å². The molecule has 1 amide bonds. The lowest BCUT2D eigenvalue weighted by Gasteiger charge is -2.49. The van der Waals surface area contributed by atoms with Crippen LogP contribution in [0.1, 0.15) is 65.3 Å². The van der Waals surface area contributed by atoms with Crippen molar-refractivity contribution in [1.82, 2.24) is 15.3 Å². The number of fused-ring (bicyclic) bond motifs is 4. The molecule has 0 saturated carbocycles. The number of benzene rings is 2. The zero-order chi connectivity index (χ0) is 21.4. The van der Waals surface area contributed by atoms with E-state index in [0.29, 0.717) is 12.1 Å². The van der Waals surface area contributed by atoms with E-state index in [2.05, 4.69) is 22.3 Å². The normalized spacial score (nSPS) is 26.3. The van der Waals surface area contributed by atoms with Crippen LogP contribution in [0, 0.1) is 5.92 Å². The molecule has 2 fully saturated rings. The van der Waals surface area contributed by atoms with Crippen LogP contribution in [0.3, 0.4) is 0 Å². The number of hydroxylamine groups is 2. The second-order valence-electron chi connectivity index (χ2n) is 9.23. The van der Waals surface area contributed by atoms with Gasteiger partial charge in [-0.05, 0) is 67.8 Å². The lowest BCUT2D eigenvalue weighted by molar-refractivity contribution is -0.120. The first kappa shape index (κ1) is 20.7. The van der Waals surface area contributed by atoms with Gasteiger partial charge in [0.15, 0.2) is 0 Å². The van der Waals surface area contributed by atoms with E-state index < -0.39 is 0 Å². The summed E-state index contributed by atoms with van der Waals surface area (Å²) < 4.78 is 0. The first-order valence-corrected chi connectivity index (χ1v) is 11.7. The number of carbonyl (C=O) groups is 1. The Morgan fingerprint density at radius 2 is 2.03 bits per heavy atom. The number of piperidine rings is 2. The fourth-order valence-corrected chi connectivity index (χ4v) is 5.96. The molecule has 1 N–H and O–H groups in total. The maximum absolute atomic E-state index is 13.6. The summed E-state index contributed by atoms with van der Waals surface area (Å²) in [5.74, 6) is 0.723. The Hall–Kier alpha value is -2.21. The predicted molar refractivity (Wildman–Crippen MR) is 122 cm³/mol. The molecular weight excluding hydrogens is 386 g/mol. The van der Waals surface area contributed by atoms with Crippen LogP contribution in [0.5, 0.6) is 0 Å². The number of nitrogens with zero attached hydrogens (tertiary/aromatic N) is 2. The van der Waals surface area contributed by atoms with Gasteiger partial charge in [0, 0.05) is 30.7 Å². The van der Waals surface area contributed by atoms with Crippen molar-refractivity contribution < 1.29 is 9.63 Å². The van der Waals surface area contributed by atoms with Crippen molar-refractivity contribution >= 4 is 5.91 Å². The van der Waals surface area contributed by atoms with Gasteiger partial charge in [-0.1, -0.05) is 42.5 Å². The summed E-state index contributed by atoms with van der Waals surface area (Å²) >= 11 is 0. The van der Waals surface area contributed by atoms with Gasteiger partial charge in [-0.15, -0.1) is 0 Å². The summed E-state index contributed by atoms with van der Waals surface area (Å²) in [5, 5.41) is 5.29. The van der Waals surface area contributed by atoms with Gasteiger partial charge in [0.05, 0.1) is 13.2 Å². The number of rotatable bonds is 4. The highest BCUT2D eigenvalue weighted by molar-refractivity contribution is 5.95. The zero-order valence-corrected chi connectivity index (χ0v) is 18.6. The van der Waals surface area contributed by atoms with Gasteiger partial charge in [0.25, 0.3) is 5.91 Å². The lowest BCUT2D eigenvalue weighted by Crippen LogP contribution is -2.54. The van der Waals surface area contributed by atoms with Gasteiger partial charge in [0.2, 0.25) is 0 Å². The van der Waals surface area contributed by atoms with Gasteiger partial charge in [-0.25, -0.2) is 5.06 Å². The van der Waals surface area contributed by atoms with Crippen LogP contribution >= 0.6 is 0 Å². The van der Waals surface area contributed by atoms with E-state index in [1.165, 1.54) is 35.6 Å². The summed E-state index contributed by atoms with van der Waals surface area (Å²) in [5.41, 5.74) is 4.41. The summed E-state index contributed by atoms with van der Waals surface area (Å²) in [6, 6.07) is 17.2. The van der Waals surface area contributed by atoms with E-state index in [1.807, 2.05) is 43.3 Å². The van der Waals surface area contributed by atoms with Crippen molar-refractivity contribution in [3.63, 3.8) is 0 Å². The smallest absolute Gasteiger partial charge is 0.278 e. The monoisotopic (exact) mass is 419 g/mol. The molecule has 3 aliphatic rings. The van der Waals surface area contributed by atoms with Crippen LogP contribution in [-0.2, 0) is 11.3 Å². The molecule has 0 aromatic heterocycles. The minimum absolute atomic E-state index is 0.0476. The zero-order valence-electron chi connectivity index (χ0n) is 18.6. The van der Waals surface area contributed by atoms with Crippen molar-refractivity contribution in [2.75, 3.05) is 26.7 Å². The van der Waals surface area contributed by atoms with Crippen LogP contribution in [0.2, 0.25) is 0 Å². The van der Waals surface area contributed by atoms with E-state index in [4.69, 9.17) is 4.84 Å². The maximum Gasteiger partial charge on any atom is 0.278 e. The topological polar surface area (TPSA) is 44.8 Å². The van der Waals surface area contributed by atoms with Gasteiger partial charge < -0.3 is 5.32 Å². The second kappa shape index (κ2) is 8.73. The highest BCUT2D eigenvalue weighted by atomic mass is 16.7. The van der Waals surface area contributed by atoms with Gasteiger partial charge in [-0.2, -0.15) is 0 Å². The molecule has 0 aliphatic carbocycles. The Kier molecular flexibility index (Phi) is 5.83. The summed E-state index contributed by atoms with van der Waals surface area (Å²) in [6.07, 6.45) is 4.70. The molecule has 5 heteroatoms. The molecule has 5 nitrogen and oxygen atoms in total. The summed E-state index contributed by atoms with van der Waals surface area (Å²) in [4.78, 5) is 21.9. The van der Waals surface area contributed by atoms with Crippen molar-refractivity contribution in [1.29, 1.82) is 0 Å². The third-order valence-corrected chi connectivity index (χ3v) is 7.60. The number of carbonyl (C=O) groups excluding carboxylic acids is 1. The van der Waals surface area contributed by atoms with E-state index in [-0.39, 0.29) is 11.9 Å². The lowest BCUT2D eigenvalue weighted by atomic mass is 9.77.